The molecule has 0 fully saturated rings. The van der Waals surface area contributed by atoms with E-state index in [0.29, 0.717) is 34.2 Å². The fraction of sp³-hybridized carbons (Fsp3) is 0.0909. The number of benzene rings is 3. The summed E-state index contributed by atoms with van der Waals surface area (Å²) >= 11 is 0. The lowest BCUT2D eigenvalue weighted by atomic mass is 10.1. The Morgan fingerprint density at radius 2 is 1.43 bits per heavy atom. The molecule has 140 valence electrons. The molecule has 0 aliphatic carbocycles. The molecule has 6 heteroatoms. The molecule has 0 bridgehead atoms. The maximum Gasteiger partial charge on any atom is 0.259 e. The van der Waals surface area contributed by atoms with Crippen molar-refractivity contribution in [1.82, 2.24) is 0 Å². The van der Waals surface area contributed by atoms with Gasteiger partial charge in [0.05, 0.1) is 31.4 Å². The molecule has 1 N–H and O–H groups in total. The van der Waals surface area contributed by atoms with Crippen LogP contribution in [0.5, 0.6) is 23.0 Å². The van der Waals surface area contributed by atoms with E-state index < -0.39 is 0 Å². The van der Waals surface area contributed by atoms with Crippen LogP contribution in [0.2, 0.25) is 0 Å². The monoisotopic (exact) mass is 374 g/mol. The predicted molar refractivity (Wildman–Crippen MR) is 105 cm³/mol. The lowest BCUT2D eigenvalue weighted by Crippen LogP contribution is -2.13. The Bertz CT molecular complexity index is 1010. The van der Waals surface area contributed by atoms with Crippen molar-refractivity contribution in [2.45, 2.75) is 0 Å². The molecule has 0 saturated heterocycles. The number of anilines is 1. The second-order valence-electron chi connectivity index (χ2n) is 5.78. The van der Waals surface area contributed by atoms with Gasteiger partial charge in [-0.3, -0.25) is 4.79 Å². The van der Waals surface area contributed by atoms with Gasteiger partial charge in [0.1, 0.15) is 23.0 Å². The highest BCUT2D eigenvalue weighted by Crippen LogP contribution is 2.28. The van der Waals surface area contributed by atoms with Crippen molar-refractivity contribution in [3.8, 4) is 29.1 Å². The highest BCUT2D eigenvalue weighted by molar-refractivity contribution is 6.06. The quantitative estimate of drug-likeness (QED) is 0.681. The molecule has 28 heavy (non-hydrogen) atoms. The standard InChI is InChI=1S/C22H18N2O4/c1-26-17-6-4-16(5-7-17)24-22(25)20-13-15(14-23)3-12-21(20)28-19-10-8-18(27-2)9-11-19/h3-13H,1-2H3,(H,24,25). The van der Waals surface area contributed by atoms with Gasteiger partial charge in [0.25, 0.3) is 5.91 Å². The van der Waals surface area contributed by atoms with Crippen molar-refractivity contribution >= 4 is 11.6 Å². The van der Waals surface area contributed by atoms with Crippen molar-refractivity contribution < 1.29 is 19.0 Å². The summed E-state index contributed by atoms with van der Waals surface area (Å²) in [5, 5.41) is 12.0. The number of nitrogens with zero attached hydrogens (tertiary/aromatic N) is 1. The molecule has 0 saturated carbocycles. The van der Waals surface area contributed by atoms with Gasteiger partial charge in [0.15, 0.2) is 0 Å². The van der Waals surface area contributed by atoms with E-state index >= 15 is 0 Å². The lowest BCUT2D eigenvalue weighted by Gasteiger charge is -2.12. The molecule has 1 amide bonds. The van der Waals surface area contributed by atoms with Gasteiger partial charge in [-0.25, -0.2) is 0 Å². The Balaban J connectivity index is 1.86. The molecule has 6 nitrogen and oxygen atoms in total. The molecule has 0 aromatic heterocycles. The number of rotatable bonds is 6. The largest absolute Gasteiger partial charge is 0.497 e. The van der Waals surface area contributed by atoms with Crippen LogP contribution in [0.1, 0.15) is 15.9 Å². The molecule has 3 aromatic rings. The zero-order valence-electron chi connectivity index (χ0n) is 15.4. The Hall–Kier alpha value is -3.98. The fourth-order valence-electron chi connectivity index (χ4n) is 2.51. The topological polar surface area (TPSA) is 80.6 Å². The first-order chi connectivity index (χ1) is 13.6. The predicted octanol–water partition coefficient (Wildman–Crippen LogP) is 4.62. The first-order valence-corrected chi connectivity index (χ1v) is 8.44. The number of hydrogen-bond acceptors (Lipinski definition) is 5. The Kier molecular flexibility index (Phi) is 5.78. The summed E-state index contributed by atoms with van der Waals surface area (Å²) in [6.07, 6.45) is 0. The van der Waals surface area contributed by atoms with Crippen LogP contribution in [-0.2, 0) is 0 Å². The van der Waals surface area contributed by atoms with Crippen molar-refractivity contribution in [3.63, 3.8) is 0 Å². The first kappa shape index (κ1) is 18.8. The minimum atomic E-state index is -0.384. The van der Waals surface area contributed by atoms with E-state index in [1.807, 2.05) is 6.07 Å². The lowest BCUT2D eigenvalue weighted by molar-refractivity contribution is 0.102. The number of ether oxygens (including phenoxy) is 3. The van der Waals surface area contributed by atoms with Crippen LogP contribution >= 0.6 is 0 Å². The van der Waals surface area contributed by atoms with Gasteiger partial charge in [-0.2, -0.15) is 5.26 Å². The minimum absolute atomic E-state index is 0.255. The molecule has 0 unspecified atom stereocenters. The van der Waals surface area contributed by atoms with Gasteiger partial charge in [-0.1, -0.05) is 0 Å². The smallest absolute Gasteiger partial charge is 0.259 e. The summed E-state index contributed by atoms with van der Waals surface area (Å²) < 4.78 is 16.1. The van der Waals surface area contributed by atoms with Crippen molar-refractivity contribution in [2.24, 2.45) is 0 Å². The maximum absolute atomic E-state index is 12.8. The highest BCUT2D eigenvalue weighted by Gasteiger charge is 2.15. The van der Waals surface area contributed by atoms with E-state index in [0.717, 1.165) is 0 Å². The van der Waals surface area contributed by atoms with Crippen LogP contribution < -0.4 is 19.5 Å². The molecule has 3 rings (SSSR count). The van der Waals surface area contributed by atoms with Gasteiger partial charge in [0.2, 0.25) is 0 Å². The number of nitrogens with one attached hydrogen (secondary N) is 1. The molecule has 0 heterocycles. The molecule has 3 aromatic carbocycles. The van der Waals surface area contributed by atoms with E-state index in [1.165, 1.54) is 6.07 Å². The third kappa shape index (κ3) is 4.40. The number of methoxy groups -OCH3 is 2. The van der Waals surface area contributed by atoms with Gasteiger partial charge in [0, 0.05) is 5.69 Å². The fourth-order valence-corrected chi connectivity index (χ4v) is 2.51. The number of hydrogen-bond donors (Lipinski definition) is 1. The number of nitriles is 1. The molecule has 0 aliphatic rings. The molecule has 0 aliphatic heterocycles. The van der Waals surface area contributed by atoms with Crippen LogP contribution in [0.25, 0.3) is 0 Å². The van der Waals surface area contributed by atoms with Crippen LogP contribution in [0, 0.1) is 11.3 Å². The maximum atomic E-state index is 12.8. The third-order valence-corrected chi connectivity index (χ3v) is 3.99. The zero-order chi connectivity index (χ0) is 19.9. The van der Waals surface area contributed by atoms with Gasteiger partial charge in [-0.15, -0.1) is 0 Å². The van der Waals surface area contributed by atoms with Crippen LogP contribution in [0.3, 0.4) is 0 Å². The number of carbonyl (C=O) groups is 1. The third-order valence-electron chi connectivity index (χ3n) is 3.99. The first-order valence-electron chi connectivity index (χ1n) is 8.44. The average molecular weight is 374 g/mol. The molecule has 0 atom stereocenters. The molecular formula is C22H18N2O4. The van der Waals surface area contributed by atoms with E-state index in [-0.39, 0.29) is 11.5 Å². The summed E-state index contributed by atoms with van der Waals surface area (Å²) in [5.41, 5.74) is 1.22. The highest BCUT2D eigenvalue weighted by atomic mass is 16.5. The minimum Gasteiger partial charge on any atom is -0.497 e. The van der Waals surface area contributed by atoms with E-state index in [9.17, 15) is 10.1 Å². The summed E-state index contributed by atoms with van der Waals surface area (Å²) in [4.78, 5) is 12.8. The normalized spacial score (nSPS) is 9.89. The SMILES string of the molecule is COc1ccc(NC(=O)c2cc(C#N)ccc2Oc2ccc(OC)cc2)cc1. The van der Waals surface area contributed by atoms with E-state index in [4.69, 9.17) is 14.2 Å². The van der Waals surface area contributed by atoms with Gasteiger partial charge in [-0.05, 0) is 66.7 Å². The van der Waals surface area contributed by atoms with Crippen LogP contribution in [0.4, 0.5) is 5.69 Å². The Morgan fingerprint density at radius 1 is 0.857 bits per heavy atom. The summed E-state index contributed by atoms with van der Waals surface area (Å²) in [6, 6.07) is 20.7. The Morgan fingerprint density at radius 3 is 2.00 bits per heavy atom. The van der Waals surface area contributed by atoms with E-state index in [2.05, 4.69) is 5.32 Å². The van der Waals surface area contributed by atoms with Crippen molar-refractivity contribution in [2.75, 3.05) is 19.5 Å². The Labute approximate surface area is 162 Å². The summed E-state index contributed by atoms with van der Waals surface area (Å²) in [6.45, 7) is 0. The van der Waals surface area contributed by atoms with Gasteiger partial charge < -0.3 is 19.5 Å². The molecular weight excluding hydrogens is 356 g/mol. The number of carbonyl (C=O) groups excluding carboxylic acids is 1. The van der Waals surface area contributed by atoms with Crippen molar-refractivity contribution in [1.29, 1.82) is 5.26 Å². The van der Waals surface area contributed by atoms with Crippen molar-refractivity contribution in [3.05, 3.63) is 77.9 Å². The average Bonchev–Trinajstić information content (AvgIpc) is 2.75. The molecule has 0 spiro atoms. The van der Waals surface area contributed by atoms with E-state index in [1.54, 1.807) is 74.9 Å². The number of amides is 1. The van der Waals surface area contributed by atoms with Gasteiger partial charge >= 0.3 is 0 Å². The second-order valence-corrected chi connectivity index (χ2v) is 5.78. The van der Waals surface area contributed by atoms with Crippen LogP contribution in [-0.4, -0.2) is 20.1 Å². The molecule has 0 radical (unpaired) electrons. The second kappa shape index (κ2) is 8.60. The van der Waals surface area contributed by atoms with Crippen LogP contribution in [0.15, 0.2) is 66.7 Å². The zero-order valence-corrected chi connectivity index (χ0v) is 15.4. The summed E-state index contributed by atoms with van der Waals surface area (Å²) in [7, 11) is 3.15. The summed E-state index contributed by atoms with van der Waals surface area (Å²) in [5.74, 6) is 1.89.